The molecular formula is C14H11O3. The van der Waals surface area contributed by atoms with Gasteiger partial charge in [0.05, 0.1) is 12.2 Å². The van der Waals surface area contributed by atoms with Gasteiger partial charge in [0.2, 0.25) is 6.29 Å². The van der Waals surface area contributed by atoms with Crippen molar-refractivity contribution >= 4 is 23.0 Å². The highest BCUT2D eigenvalue weighted by molar-refractivity contribution is 6.10. The average Bonchev–Trinajstić information content (AvgIpc) is 2.37. The van der Waals surface area contributed by atoms with E-state index in [1.165, 1.54) is 0 Å². The Bertz CT molecular complexity index is 573. The minimum Gasteiger partial charge on any atom is -0.462 e. The molecule has 0 aliphatic carbocycles. The van der Waals surface area contributed by atoms with E-state index in [4.69, 9.17) is 4.74 Å². The van der Waals surface area contributed by atoms with Crippen LogP contribution >= 0.6 is 0 Å². The number of carbonyl (C=O) groups is 1. The number of hydrogen-bond acceptors (Lipinski definition) is 3. The number of benzene rings is 2. The third kappa shape index (κ3) is 2.04. The van der Waals surface area contributed by atoms with Crippen LogP contribution in [0.5, 0.6) is 0 Å². The molecular weight excluding hydrogens is 216 g/mol. The van der Waals surface area contributed by atoms with E-state index >= 15 is 0 Å². The Kier molecular flexibility index (Phi) is 3.19. The van der Waals surface area contributed by atoms with Crippen molar-refractivity contribution < 1.29 is 14.3 Å². The van der Waals surface area contributed by atoms with E-state index in [0.29, 0.717) is 10.9 Å². The van der Waals surface area contributed by atoms with Gasteiger partial charge in [-0.25, -0.2) is 4.79 Å². The highest BCUT2D eigenvalue weighted by Gasteiger charge is 2.16. The third-order valence-electron chi connectivity index (χ3n) is 2.52. The SMILES string of the molecule is CCOC(=O)c1c([C]=O)ccc2ccccc12. The van der Waals surface area contributed by atoms with Crippen LogP contribution in [0, 0.1) is 0 Å². The van der Waals surface area contributed by atoms with E-state index in [0.717, 1.165) is 5.39 Å². The Labute approximate surface area is 99.0 Å². The molecule has 0 bridgehead atoms. The molecule has 2 aromatic carbocycles. The maximum absolute atomic E-state index is 11.8. The van der Waals surface area contributed by atoms with Gasteiger partial charge in [-0.05, 0) is 23.8 Å². The van der Waals surface area contributed by atoms with E-state index in [9.17, 15) is 9.59 Å². The Morgan fingerprint density at radius 2 is 2.00 bits per heavy atom. The number of rotatable bonds is 3. The lowest BCUT2D eigenvalue weighted by atomic mass is 10.00. The Morgan fingerprint density at radius 1 is 1.24 bits per heavy atom. The summed E-state index contributed by atoms with van der Waals surface area (Å²) in [4.78, 5) is 22.7. The minimum absolute atomic E-state index is 0.238. The van der Waals surface area contributed by atoms with Crippen LogP contribution in [0.25, 0.3) is 10.8 Å². The highest BCUT2D eigenvalue weighted by Crippen LogP contribution is 2.22. The summed E-state index contributed by atoms with van der Waals surface area (Å²) in [5.74, 6) is -0.484. The molecule has 0 unspecified atom stereocenters. The lowest BCUT2D eigenvalue weighted by Crippen LogP contribution is -2.08. The second-order valence-electron chi connectivity index (χ2n) is 3.53. The highest BCUT2D eigenvalue weighted by atomic mass is 16.5. The van der Waals surface area contributed by atoms with E-state index < -0.39 is 5.97 Å². The smallest absolute Gasteiger partial charge is 0.339 e. The standard InChI is InChI=1S/C14H11O3/c1-2-17-14(16)13-11(9-15)8-7-10-5-3-4-6-12(10)13/h3-8H,2H2,1H3. The van der Waals surface area contributed by atoms with E-state index in [1.54, 1.807) is 31.4 Å². The fraction of sp³-hybridized carbons (Fsp3) is 0.143. The molecule has 0 spiro atoms. The second kappa shape index (κ2) is 4.78. The molecule has 0 aromatic heterocycles. The zero-order chi connectivity index (χ0) is 12.3. The molecule has 0 aliphatic heterocycles. The summed E-state index contributed by atoms with van der Waals surface area (Å²) in [6.45, 7) is 2.01. The molecule has 17 heavy (non-hydrogen) atoms. The summed E-state index contributed by atoms with van der Waals surface area (Å²) in [7, 11) is 0. The number of carbonyl (C=O) groups excluding carboxylic acids is 2. The first-order valence-corrected chi connectivity index (χ1v) is 5.35. The van der Waals surface area contributed by atoms with E-state index in [-0.39, 0.29) is 12.2 Å². The van der Waals surface area contributed by atoms with Crippen LogP contribution in [0.15, 0.2) is 36.4 Å². The lowest BCUT2D eigenvalue weighted by Gasteiger charge is -2.08. The molecule has 2 rings (SSSR count). The van der Waals surface area contributed by atoms with Crippen molar-refractivity contribution in [3.05, 3.63) is 47.5 Å². The van der Waals surface area contributed by atoms with Gasteiger partial charge in [-0.1, -0.05) is 30.3 Å². The van der Waals surface area contributed by atoms with Crippen molar-refractivity contribution in [1.82, 2.24) is 0 Å². The summed E-state index contributed by atoms with van der Waals surface area (Å²) < 4.78 is 4.96. The van der Waals surface area contributed by atoms with Crippen molar-refractivity contribution in [3.8, 4) is 0 Å². The maximum Gasteiger partial charge on any atom is 0.339 e. The predicted octanol–water partition coefficient (Wildman–Crippen LogP) is 2.47. The van der Waals surface area contributed by atoms with Crippen LogP contribution in [0.3, 0.4) is 0 Å². The molecule has 0 aliphatic rings. The molecule has 0 amide bonds. The molecule has 3 heteroatoms. The Hall–Kier alpha value is -2.16. The predicted molar refractivity (Wildman–Crippen MR) is 64.7 cm³/mol. The number of ether oxygens (including phenoxy) is 1. The van der Waals surface area contributed by atoms with Gasteiger partial charge >= 0.3 is 5.97 Å². The molecule has 0 N–H and O–H groups in total. The molecule has 1 radical (unpaired) electrons. The van der Waals surface area contributed by atoms with E-state index in [2.05, 4.69) is 0 Å². The van der Waals surface area contributed by atoms with Gasteiger partial charge in [-0.3, -0.25) is 4.79 Å². The molecule has 0 heterocycles. The van der Waals surface area contributed by atoms with Crippen LogP contribution < -0.4 is 0 Å². The van der Waals surface area contributed by atoms with Gasteiger partial charge in [0.1, 0.15) is 0 Å². The van der Waals surface area contributed by atoms with Gasteiger partial charge in [0, 0.05) is 5.56 Å². The summed E-state index contributed by atoms with van der Waals surface area (Å²) in [5.41, 5.74) is 0.530. The van der Waals surface area contributed by atoms with Crippen molar-refractivity contribution in [1.29, 1.82) is 0 Å². The van der Waals surface area contributed by atoms with Crippen LogP contribution in [-0.4, -0.2) is 18.9 Å². The van der Waals surface area contributed by atoms with Crippen LogP contribution in [-0.2, 0) is 9.53 Å². The summed E-state index contributed by atoms with van der Waals surface area (Å²) in [5, 5.41) is 1.61. The maximum atomic E-state index is 11.8. The van der Waals surface area contributed by atoms with Gasteiger partial charge in [-0.2, -0.15) is 0 Å². The molecule has 0 atom stereocenters. The quantitative estimate of drug-likeness (QED) is 0.756. The summed E-state index contributed by atoms with van der Waals surface area (Å²) >= 11 is 0. The minimum atomic E-state index is -0.484. The first-order chi connectivity index (χ1) is 8.27. The molecule has 85 valence electrons. The monoisotopic (exact) mass is 227 g/mol. The van der Waals surface area contributed by atoms with Gasteiger partial charge < -0.3 is 4.74 Å². The zero-order valence-corrected chi connectivity index (χ0v) is 9.40. The van der Waals surface area contributed by atoms with Crippen LogP contribution in [0.1, 0.15) is 22.8 Å². The van der Waals surface area contributed by atoms with Crippen LogP contribution in [0.2, 0.25) is 0 Å². The van der Waals surface area contributed by atoms with Crippen molar-refractivity contribution in [3.63, 3.8) is 0 Å². The molecule has 0 fully saturated rings. The normalized spacial score (nSPS) is 10.2. The number of esters is 1. The summed E-state index contributed by atoms with van der Waals surface area (Å²) in [6.07, 6.45) is 1.78. The van der Waals surface area contributed by atoms with Gasteiger partial charge in [-0.15, -0.1) is 0 Å². The van der Waals surface area contributed by atoms with Crippen molar-refractivity contribution in [2.75, 3.05) is 6.61 Å². The molecule has 3 nitrogen and oxygen atoms in total. The Morgan fingerprint density at radius 3 is 2.71 bits per heavy atom. The van der Waals surface area contributed by atoms with Crippen LogP contribution in [0.4, 0.5) is 0 Å². The molecule has 0 saturated heterocycles. The van der Waals surface area contributed by atoms with Gasteiger partial charge in [0.25, 0.3) is 0 Å². The number of hydrogen-bond donors (Lipinski definition) is 0. The fourth-order valence-electron chi connectivity index (χ4n) is 1.78. The van der Waals surface area contributed by atoms with Crippen molar-refractivity contribution in [2.45, 2.75) is 6.92 Å². The first kappa shape index (κ1) is 11.3. The molecule has 2 aromatic rings. The van der Waals surface area contributed by atoms with Crippen molar-refractivity contribution in [2.24, 2.45) is 0 Å². The first-order valence-electron chi connectivity index (χ1n) is 5.35. The third-order valence-corrected chi connectivity index (χ3v) is 2.52. The van der Waals surface area contributed by atoms with E-state index in [1.807, 2.05) is 18.2 Å². The number of fused-ring (bicyclic) bond motifs is 1. The van der Waals surface area contributed by atoms with Gasteiger partial charge in [0.15, 0.2) is 0 Å². The fourth-order valence-corrected chi connectivity index (χ4v) is 1.78. The average molecular weight is 227 g/mol. The summed E-state index contributed by atoms with van der Waals surface area (Å²) in [6, 6.07) is 10.7. The zero-order valence-electron chi connectivity index (χ0n) is 9.40. The second-order valence-corrected chi connectivity index (χ2v) is 3.53. The largest absolute Gasteiger partial charge is 0.462 e. The topological polar surface area (TPSA) is 43.4 Å². The lowest BCUT2D eigenvalue weighted by molar-refractivity contribution is 0.0528. The Balaban J connectivity index is 2.71. The molecule has 0 saturated carbocycles.